The van der Waals surface area contributed by atoms with Gasteiger partial charge in [-0.15, -0.1) is 0 Å². The molecule has 0 aromatic heterocycles. The first-order valence-electron chi connectivity index (χ1n) is 3.18. The predicted molar refractivity (Wildman–Crippen MR) is 45.0 cm³/mol. The Kier molecular flexibility index (Phi) is 2.94. The number of aliphatic hydroxyl groups excluding tert-OH is 1. The highest BCUT2D eigenvalue weighted by molar-refractivity contribution is 5.36. The summed E-state index contributed by atoms with van der Waals surface area (Å²) in [4.78, 5) is 0. The molecule has 0 radical (unpaired) electrons. The Bertz CT molecular complexity index is 175. The van der Waals surface area contributed by atoms with E-state index in [9.17, 15) is 0 Å². The van der Waals surface area contributed by atoms with Crippen LogP contribution in [0.1, 0.15) is 20.8 Å². The van der Waals surface area contributed by atoms with E-state index in [1.54, 1.807) is 0 Å². The van der Waals surface area contributed by atoms with Gasteiger partial charge in [-0.1, -0.05) is 18.7 Å². The van der Waals surface area contributed by atoms with E-state index in [0.717, 1.165) is 16.7 Å². The van der Waals surface area contributed by atoms with E-state index in [0.29, 0.717) is 0 Å². The van der Waals surface area contributed by atoms with Gasteiger partial charge in [0.1, 0.15) is 5.76 Å². The van der Waals surface area contributed by atoms with Crippen LogP contribution in [0.15, 0.2) is 35.6 Å². The summed E-state index contributed by atoms with van der Waals surface area (Å²) in [6.45, 7) is 12.8. The maximum absolute atomic E-state index is 8.95. The molecule has 0 amide bonds. The summed E-state index contributed by atoms with van der Waals surface area (Å²) in [6.07, 6.45) is 0. The van der Waals surface area contributed by atoms with Crippen molar-refractivity contribution in [1.29, 1.82) is 0 Å². The van der Waals surface area contributed by atoms with Gasteiger partial charge in [0.25, 0.3) is 0 Å². The van der Waals surface area contributed by atoms with Crippen LogP contribution in [0, 0.1) is 0 Å². The molecule has 0 aromatic carbocycles. The van der Waals surface area contributed by atoms with Crippen LogP contribution >= 0.6 is 0 Å². The first-order chi connectivity index (χ1) is 4.46. The topological polar surface area (TPSA) is 20.2 Å². The minimum atomic E-state index is 0.125. The summed E-state index contributed by atoms with van der Waals surface area (Å²) in [6, 6.07) is 0. The SMILES string of the molecule is C=C(C)/C(C)=C(/C)C(=C)O. The Morgan fingerprint density at radius 1 is 1.00 bits per heavy atom. The number of aliphatic hydroxyl groups is 1. The average molecular weight is 138 g/mol. The third-order valence-corrected chi connectivity index (χ3v) is 1.64. The molecule has 0 spiro atoms. The van der Waals surface area contributed by atoms with Gasteiger partial charge in [-0.05, 0) is 31.9 Å². The van der Waals surface area contributed by atoms with Crippen molar-refractivity contribution >= 4 is 0 Å². The first kappa shape index (κ1) is 9.02. The van der Waals surface area contributed by atoms with E-state index >= 15 is 0 Å². The minimum Gasteiger partial charge on any atom is -0.508 e. The summed E-state index contributed by atoms with van der Waals surface area (Å²) in [5.74, 6) is 0.125. The second-order valence-corrected chi connectivity index (χ2v) is 2.48. The molecule has 0 saturated heterocycles. The minimum absolute atomic E-state index is 0.125. The molecular weight excluding hydrogens is 124 g/mol. The monoisotopic (exact) mass is 138 g/mol. The van der Waals surface area contributed by atoms with Gasteiger partial charge in [-0.3, -0.25) is 0 Å². The van der Waals surface area contributed by atoms with Gasteiger partial charge in [0, 0.05) is 0 Å². The normalized spacial score (nSPS) is 12.3. The third-order valence-electron chi connectivity index (χ3n) is 1.64. The molecule has 0 aliphatic heterocycles. The number of hydrogen-bond acceptors (Lipinski definition) is 1. The van der Waals surface area contributed by atoms with Crippen molar-refractivity contribution in [2.45, 2.75) is 20.8 Å². The lowest BCUT2D eigenvalue weighted by Crippen LogP contribution is -1.87. The van der Waals surface area contributed by atoms with Gasteiger partial charge in [0.2, 0.25) is 0 Å². The molecule has 10 heavy (non-hydrogen) atoms. The molecule has 0 atom stereocenters. The summed E-state index contributed by atoms with van der Waals surface area (Å²) < 4.78 is 0. The Hall–Kier alpha value is -0.980. The van der Waals surface area contributed by atoms with E-state index in [1.165, 1.54) is 0 Å². The summed E-state index contributed by atoms with van der Waals surface area (Å²) in [5, 5.41) is 8.95. The second-order valence-electron chi connectivity index (χ2n) is 2.48. The summed E-state index contributed by atoms with van der Waals surface area (Å²) >= 11 is 0. The fourth-order valence-corrected chi connectivity index (χ4v) is 0.537. The molecule has 0 bridgehead atoms. The molecule has 0 saturated carbocycles. The molecule has 0 aromatic rings. The summed E-state index contributed by atoms with van der Waals surface area (Å²) in [5.41, 5.74) is 2.78. The van der Waals surface area contributed by atoms with Crippen molar-refractivity contribution in [3.05, 3.63) is 35.6 Å². The van der Waals surface area contributed by atoms with Crippen LogP contribution in [0.5, 0.6) is 0 Å². The highest BCUT2D eigenvalue weighted by atomic mass is 16.3. The fourth-order valence-electron chi connectivity index (χ4n) is 0.537. The van der Waals surface area contributed by atoms with E-state index in [-0.39, 0.29) is 5.76 Å². The Balaban J connectivity index is 4.67. The van der Waals surface area contributed by atoms with Crippen LogP contribution in [-0.2, 0) is 0 Å². The van der Waals surface area contributed by atoms with Crippen LogP contribution in [-0.4, -0.2) is 5.11 Å². The Morgan fingerprint density at radius 3 is 1.50 bits per heavy atom. The molecule has 56 valence electrons. The Labute approximate surface area is 62.4 Å². The van der Waals surface area contributed by atoms with Gasteiger partial charge in [-0.25, -0.2) is 0 Å². The van der Waals surface area contributed by atoms with Crippen molar-refractivity contribution in [3.63, 3.8) is 0 Å². The maximum Gasteiger partial charge on any atom is 0.111 e. The molecular formula is C9H14O. The number of rotatable bonds is 2. The van der Waals surface area contributed by atoms with Crippen molar-refractivity contribution < 1.29 is 5.11 Å². The zero-order valence-corrected chi connectivity index (χ0v) is 6.86. The molecule has 0 heterocycles. The quantitative estimate of drug-likeness (QED) is 0.459. The van der Waals surface area contributed by atoms with Crippen LogP contribution in [0.4, 0.5) is 0 Å². The van der Waals surface area contributed by atoms with Gasteiger partial charge in [-0.2, -0.15) is 0 Å². The van der Waals surface area contributed by atoms with Crippen LogP contribution in [0.2, 0.25) is 0 Å². The van der Waals surface area contributed by atoms with Crippen molar-refractivity contribution in [2.75, 3.05) is 0 Å². The van der Waals surface area contributed by atoms with E-state index < -0.39 is 0 Å². The number of hydrogen-bond donors (Lipinski definition) is 1. The van der Waals surface area contributed by atoms with Gasteiger partial charge < -0.3 is 5.11 Å². The zero-order valence-electron chi connectivity index (χ0n) is 6.86. The van der Waals surface area contributed by atoms with Gasteiger partial charge in [0.15, 0.2) is 0 Å². The number of allylic oxidation sites excluding steroid dienone is 3. The third kappa shape index (κ3) is 2.09. The molecule has 1 N–H and O–H groups in total. The lowest BCUT2D eigenvalue weighted by atomic mass is 10.0. The molecule has 0 fully saturated rings. The maximum atomic E-state index is 8.95. The second kappa shape index (κ2) is 3.25. The van der Waals surface area contributed by atoms with Crippen molar-refractivity contribution in [2.24, 2.45) is 0 Å². The van der Waals surface area contributed by atoms with Crippen LogP contribution in [0.3, 0.4) is 0 Å². The average Bonchev–Trinajstić information content (AvgIpc) is 1.84. The molecule has 1 nitrogen and oxygen atoms in total. The molecule has 0 aliphatic rings. The van der Waals surface area contributed by atoms with Crippen LogP contribution in [0.25, 0.3) is 0 Å². The smallest absolute Gasteiger partial charge is 0.111 e. The van der Waals surface area contributed by atoms with E-state index in [4.69, 9.17) is 5.11 Å². The largest absolute Gasteiger partial charge is 0.508 e. The van der Waals surface area contributed by atoms with Crippen LogP contribution < -0.4 is 0 Å². The fraction of sp³-hybridized carbons (Fsp3) is 0.333. The zero-order chi connectivity index (χ0) is 8.31. The van der Waals surface area contributed by atoms with Gasteiger partial charge in [0.05, 0.1) is 0 Å². The van der Waals surface area contributed by atoms with Crippen molar-refractivity contribution in [3.8, 4) is 0 Å². The van der Waals surface area contributed by atoms with E-state index in [2.05, 4.69) is 13.2 Å². The highest BCUT2D eigenvalue weighted by Gasteiger charge is 1.98. The highest BCUT2D eigenvalue weighted by Crippen LogP contribution is 2.15. The standard InChI is InChI=1S/C9H14O/c1-6(2)7(3)8(4)9(5)10/h10H,1,5H2,2-4H3/b8-7-. The first-order valence-corrected chi connectivity index (χ1v) is 3.18. The Morgan fingerprint density at radius 2 is 1.40 bits per heavy atom. The van der Waals surface area contributed by atoms with E-state index in [1.807, 2.05) is 20.8 Å². The van der Waals surface area contributed by atoms with Crippen molar-refractivity contribution in [1.82, 2.24) is 0 Å². The van der Waals surface area contributed by atoms with Gasteiger partial charge >= 0.3 is 0 Å². The molecule has 0 unspecified atom stereocenters. The molecule has 1 heteroatoms. The lowest BCUT2D eigenvalue weighted by Gasteiger charge is -2.04. The lowest BCUT2D eigenvalue weighted by molar-refractivity contribution is 0.425. The molecule has 0 rings (SSSR count). The predicted octanol–water partition coefficient (Wildman–Crippen LogP) is 2.97. The molecule has 0 aliphatic carbocycles. The summed E-state index contributed by atoms with van der Waals surface area (Å²) in [7, 11) is 0.